The van der Waals surface area contributed by atoms with Crippen molar-refractivity contribution in [2.45, 2.75) is 37.4 Å². The van der Waals surface area contributed by atoms with Gasteiger partial charge in [0, 0.05) is 18.9 Å². The van der Waals surface area contributed by atoms with E-state index in [1.807, 2.05) is 30.3 Å². The molecule has 1 aliphatic carbocycles. The number of nitrogens with one attached hydrogen (secondary N) is 1. The van der Waals surface area contributed by atoms with Crippen LogP contribution in [-0.4, -0.2) is 60.1 Å². The number of hydrogen-bond donors (Lipinski definition) is 1. The summed E-state index contributed by atoms with van der Waals surface area (Å²) < 4.78 is 10.9. The molecule has 2 aromatic rings. The first kappa shape index (κ1) is 21.9. The summed E-state index contributed by atoms with van der Waals surface area (Å²) in [5.41, 5.74) is -0.754. The number of fused-ring (bicyclic) bond motifs is 3. The zero-order chi connectivity index (χ0) is 23.7. The van der Waals surface area contributed by atoms with E-state index >= 15 is 0 Å². The van der Waals surface area contributed by atoms with Crippen LogP contribution in [0.4, 0.5) is 5.69 Å². The molecule has 9 heteroatoms. The topological polar surface area (TPSA) is 105 Å². The number of amides is 3. The van der Waals surface area contributed by atoms with Crippen LogP contribution in [-0.2, 0) is 19.1 Å². The van der Waals surface area contributed by atoms with Crippen molar-refractivity contribution in [2.75, 3.05) is 24.7 Å². The average Bonchev–Trinajstić information content (AvgIpc) is 3.63. The average molecular weight is 463 g/mol. The SMILES string of the molecule is O=C(COC(=O)C12CCC(=O)N1c1ccccc1C(=O)N2C1CC1)NCCOc1ccccc1. The molecule has 2 heterocycles. The Morgan fingerprint density at radius 1 is 1.03 bits per heavy atom. The first-order valence-corrected chi connectivity index (χ1v) is 11.4. The molecule has 1 atom stereocenters. The summed E-state index contributed by atoms with van der Waals surface area (Å²) in [7, 11) is 0. The summed E-state index contributed by atoms with van der Waals surface area (Å²) in [6, 6.07) is 15.9. The second-order valence-corrected chi connectivity index (χ2v) is 8.56. The van der Waals surface area contributed by atoms with Crippen molar-refractivity contribution in [3.05, 3.63) is 60.2 Å². The molecule has 0 spiro atoms. The number of benzene rings is 2. The molecule has 1 unspecified atom stereocenters. The fourth-order valence-corrected chi connectivity index (χ4v) is 4.69. The lowest BCUT2D eigenvalue weighted by Gasteiger charge is -2.48. The first-order chi connectivity index (χ1) is 16.5. The predicted octanol–water partition coefficient (Wildman–Crippen LogP) is 1.87. The molecule has 2 fully saturated rings. The molecule has 2 aromatic carbocycles. The lowest BCUT2D eigenvalue weighted by Crippen LogP contribution is -2.69. The van der Waals surface area contributed by atoms with Crippen LogP contribution in [0.2, 0.25) is 0 Å². The number of rotatable bonds is 8. The maximum Gasteiger partial charge on any atom is 0.354 e. The fraction of sp³-hybridized carbons (Fsp3) is 0.360. The summed E-state index contributed by atoms with van der Waals surface area (Å²) in [5, 5.41) is 2.65. The molecule has 176 valence electrons. The van der Waals surface area contributed by atoms with Crippen LogP contribution in [0.15, 0.2) is 54.6 Å². The van der Waals surface area contributed by atoms with E-state index in [1.54, 1.807) is 24.3 Å². The van der Waals surface area contributed by atoms with Crippen LogP contribution in [0.3, 0.4) is 0 Å². The van der Waals surface area contributed by atoms with Gasteiger partial charge in [0.15, 0.2) is 6.61 Å². The van der Waals surface area contributed by atoms with Crippen molar-refractivity contribution < 1.29 is 28.7 Å². The summed E-state index contributed by atoms with van der Waals surface area (Å²) >= 11 is 0. The number of carbonyl (C=O) groups excluding carboxylic acids is 4. The predicted molar refractivity (Wildman–Crippen MR) is 121 cm³/mol. The smallest absolute Gasteiger partial charge is 0.354 e. The van der Waals surface area contributed by atoms with Crippen LogP contribution < -0.4 is 15.0 Å². The van der Waals surface area contributed by atoms with E-state index in [0.29, 0.717) is 17.0 Å². The molecule has 0 radical (unpaired) electrons. The Kier molecular flexibility index (Phi) is 5.69. The molecule has 34 heavy (non-hydrogen) atoms. The van der Waals surface area contributed by atoms with E-state index < -0.39 is 24.1 Å². The molecule has 2 aliphatic heterocycles. The normalized spacial score (nSPS) is 21.1. The third-order valence-electron chi connectivity index (χ3n) is 6.31. The lowest BCUT2D eigenvalue weighted by molar-refractivity contribution is -0.160. The zero-order valence-corrected chi connectivity index (χ0v) is 18.6. The molecular weight excluding hydrogens is 438 g/mol. The second kappa shape index (κ2) is 8.81. The Bertz CT molecular complexity index is 1130. The van der Waals surface area contributed by atoms with Crippen molar-refractivity contribution >= 4 is 29.4 Å². The second-order valence-electron chi connectivity index (χ2n) is 8.56. The van der Waals surface area contributed by atoms with Gasteiger partial charge in [0.1, 0.15) is 12.4 Å². The monoisotopic (exact) mass is 463 g/mol. The van der Waals surface area contributed by atoms with Gasteiger partial charge in [-0.05, 0) is 37.1 Å². The quantitative estimate of drug-likeness (QED) is 0.473. The molecular formula is C25H25N3O6. The van der Waals surface area contributed by atoms with Crippen LogP contribution in [0.25, 0.3) is 0 Å². The van der Waals surface area contributed by atoms with Gasteiger partial charge in [0.05, 0.1) is 17.8 Å². The van der Waals surface area contributed by atoms with Crippen LogP contribution in [0, 0.1) is 0 Å². The number of carbonyl (C=O) groups is 4. The van der Waals surface area contributed by atoms with Crippen molar-refractivity contribution in [2.24, 2.45) is 0 Å². The van der Waals surface area contributed by atoms with Crippen molar-refractivity contribution in [1.29, 1.82) is 0 Å². The van der Waals surface area contributed by atoms with Gasteiger partial charge in [-0.2, -0.15) is 0 Å². The molecule has 0 bridgehead atoms. The maximum absolute atomic E-state index is 13.4. The van der Waals surface area contributed by atoms with E-state index in [1.165, 1.54) is 9.80 Å². The van der Waals surface area contributed by atoms with Gasteiger partial charge in [0.2, 0.25) is 11.6 Å². The van der Waals surface area contributed by atoms with Crippen LogP contribution >= 0.6 is 0 Å². The number of esters is 1. The van der Waals surface area contributed by atoms with E-state index in [0.717, 1.165) is 12.8 Å². The number of hydrogen-bond acceptors (Lipinski definition) is 6. The Hall–Kier alpha value is -3.88. The van der Waals surface area contributed by atoms with Gasteiger partial charge in [-0.3, -0.25) is 19.3 Å². The molecule has 3 amide bonds. The van der Waals surface area contributed by atoms with Gasteiger partial charge in [-0.1, -0.05) is 30.3 Å². The summed E-state index contributed by atoms with van der Waals surface area (Å²) in [4.78, 5) is 54.9. The largest absolute Gasteiger partial charge is 0.492 e. The lowest BCUT2D eigenvalue weighted by atomic mass is 9.96. The molecule has 1 saturated carbocycles. The first-order valence-electron chi connectivity index (χ1n) is 11.4. The number of ether oxygens (including phenoxy) is 2. The van der Waals surface area contributed by atoms with Gasteiger partial charge < -0.3 is 19.7 Å². The minimum Gasteiger partial charge on any atom is -0.492 e. The minimum absolute atomic E-state index is 0.114. The molecule has 5 rings (SSSR count). The van der Waals surface area contributed by atoms with E-state index in [9.17, 15) is 19.2 Å². The highest BCUT2D eigenvalue weighted by atomic mass is 16.5. The van der Waals surface area contributed by atoms with Crippen LogP contribution in [0.5, 0.6) is 5.75 Å². The minimum atomic E-state index is -1.56. The van der Waals surface area contributed by atoms with Crippen molar-refractivity contribution in [3.8, 4) is 5.75 Å². The summed E-state index contributed by atoms with van der Waals surface area (Å²) in [6.45, 7) is -0.0138. The number of para-hydroxylation sites is 2. The summed E-state index contributed by atoms with van der Waals surface area (Å²) in [6.07, 6.45) is 1.76. The standard InChI is InChI=1S/C25H25N3O6/c29-21(26-14-15-33-18-6-2-1-3-7-18)16-34-24(32)25-13-12-22(30)28(25)20-9-5-4-8-19(20)23(31)27(25)17-10-11-17/h1-9,17H,10-16H2,(H,26,29). The van der Waals surface area contributed by atoms with E-state index in [4.69, 9.17) is 9.47 Å². The fourth-order valence-electron chi connectivity index (χ4n) is 4.69. The Morgan fingerprint density at radius 2 is 1.76 bits per heavy atom. The molecule has 0 aromatic heterocycles. The van der Waals surface area contributed by atoms with E-state index in [-0.39, 0.29) is 43.8 Å². The number of anilines is 1. The maximum atomic E-state index is 13.4. The van der Waals surface area contributed by atoms with Gasteiger partial charge in [-0.25, -0.2) is 4.79 Å². The van der Waals surface area contributed by atoms with E-state index in [2.05, 4.69) is 5.32 Å². The number of nitrogens with zero attached hydrogens (tertiary/aromatic N) is 2. The Morgan fingerprint density at radius 3 is 2.53 bits per heavy atom. The van der Waals surface area contributed by atoms with Gasteiger partial charge >= 0.3 is 5.97 Å². The van der Waals surface area contributed by atoms with Crippen LogP contribution in [0.1, 0.15) is 36.0 Å². The summed E-state index contributed by atoms with van der Waals surface area (Å²) in [5.74, 6) is -1.09. The molecule has 1 saturated heterocycles. The third kappa shape index (κ3) is 3.76. The molecule has 9 nitrogen and oxygen atoms in total. The highest BCUT2D eigenvalue weighted by Gasteiger charge is 2.64. The van der Waals surface area contributed by atoms with Crippen molar-refractivity contribution in [1.82, 2.24) is 10.2 Å². The molecule has 1 N–H and O–H groups in total. The highest BCUT2D eigenvalue weighted by Crippen LogP contribution is 2.49. The van der Waals surface area contributed by atoms with Gasteiger partial charge in [0.25, 0.3) is 11.8 Å². The van der Waals surface area contributed by atoms with Gasteiger partial charge in [-0.15, -0.1) is 0 Å². The highest BCUT2D eigenvalue weighted by molar-refractivity contribution is 6.15. The Labute approximate surface area is 196 Å². The van der Waals surface area contributed by atoms with Crippen molar-refractivity contribution in [3.63, 3.8) is 0 Å². The zero-order valence-electron chi connectivity index (χ0n) is 18.6. The Balaban J connectivity index is 1.27. The molecule has 3 aliphatic rings. The third-order valence-corrected chi connectivity index (χ3v) is 6.31.